The van der Waals surface area contributed by atoms with Crippen molar-refractivity contribution in [1.82, 2.24) is 9.66 Å². The zero-order chi connectivity index (χ0) is 17.8. The van der Waals surface area contributed by atoms with Gasteiger partial charge in [-0.1, -0.05) is 22.9 Å². The van der Waals surface area contributed by atoms with Gasteiger partial charge in [-0.25, -0.2) is 4.98 Å². The van der Waals surface area contributed by atoms with E-state index < -0.39 is 0 Å². The largest absolute Gasteiger partial charge is 0.465 e. The lowest BCUT2D eigenvalue weighted by Gasteiger charge is -2.08. The summed E-state index contributed by atoms with van der Waals surface area (Å²) in [6.45, 7) is 3.95. The SMILES string of the molecule is CCCc1nc2ccc(Br)cc2c(=O)n1N=C/C(C)=C/c1ccco1. The molecule has 0 bridgehead atoms. The van der Waals surface area contributed by atoms with Crippen LogP contribution in [0.3, 0.4) is 0 Å². The summed E-state index contributed by atoms with van der Waals surface area (Å²) in [4.78, 5) is 17.5. The Kier molecular flexibility index (Phi) is 5.28. The van der Waals surface area contributed by atoms with Gasteiger partial charge in [0.2, 0.25) is 0 Å². The molecule has 1 aromatic carbocycles. The van der Waals surface area contributed by atoms with Gasteiger partial charge in [-0.15, -0.1) is 0 Å². The summed E-state index contributed by atoms with van der Waals surface area (Å²) in [6, 6.07) is 9.19. The van der Waals surface area contributed by atoms with E-state index in [-0.39, 0.29) is 5.56 Å². The van der Waals surface area contributed by atoms with E-state index in [1.54, 1.807) is 18.5 Å². The van der Waals surface area contributed by atoms with Crippen molar-refractivity contribution in [2.75, 3.05) is 0 Å². The van der Waals surface area contributed by atoms with Crippen LogP contribution in [0.5, 0.6) is 0 Å². The molecule has 5 nitrogen and oxygen atoms in total. The minimum absolute atomic E-state index is 0.170. The quantitative estimate of drug-likeness (QED) is 0.586. The molecule has 6 heteroatoms. The van der Waals surface area contributed by atoms with Gasteiger partial charge in [0, 0.05) is 10.9 Å². The summed E-state index contributed by atoms with van der Waals surface area (Å²) in [7, 11) is 0. The zero-order valence-electron chi connectivity index (χ0n) is 14.1. The molecule has 0 N–H and O–H groups in total. The third-order valence-electron chi connectivity index (χ3n) is 3.64. The molecule has 0 spiro atoms. The zero-order valence-corrected chi connectivity index (χ0v) is 15.7. The second-order valence-corrected chi connectivity index (χ2v) is 6.62. The van der Waals surface area contributed by atoms with E-state index in [4.69, 9.17) is 4.42 Å². The maximum atomic E-state index is 12.9. The molecule has 0 fully saturated rings. The Morgan fingerprint density at radius 2 is 2.24 bits per heavy atom. The molecule has 128 valence electrons. The first-order valence-electron chi connectivity index (χ1n) is 8.06. The van der Waals surface area contributed by atoms with E-state index in [0.29, 0.717) is 23.1 Å². The van der Waals surface area contributed by atoms with Crippen molar-refractivity contribution in [1.29, 1.82) is 0 Å². The third kappa shape index (κ3) is 3.96. The van der Waals surface area contributed by atoms with Crippen molar-refractivity contribution in [2.24, 2.45) is 5.10 Å². The normalized spacial score (nSPS) is 12.4. The Bertz CT molecular complexity index is 1000. The fourth-order valence-electron chi connectivity index (χ4n) is 2.48. The van der Waals surface area contributed by atoms with Crippen LogP contribution in [0.15, 0.2) is 61.0 Å². The number of hydrogen-bond acceptors (Lipinski definition) is 4. The topological polar surface area (TPSA) is 60.4 Å². The Labute approximate surface area is 153 Å². The second kappa shape index (κ2) is 7.61. The van der Waals surface area contributed by atoms with Gasteiger partial charge in [0.05, 0.1) is 23.4 Å². The number of nitrogens with zero attached hydrogens (tertiary/aromatic N) is 3. The van der Waals surface area contributed by atoms with Crippen LogP contribution in [0, 0.1) is 0 Å². The summed E-state index contributed by atoms with van der Waals surface area (Å²) in [6.07, 6.45) is 6.68. The van der Waals surface area contributed by atoms with Crippen molar-refractivity contribution in [3.05, 3.63) is 68.6 Å². The van der Waals surface area contributed by atoms with E-state index in [9.17, 15) is 4.79 Å². The monoisotopic (exact) mass is 399 g/mol. The van der Waals surface area contributed by atoms with Gasteiger partial charge in [0.1, 0.15) is 11.6 Å². The predicted octanol–water partition coefficient (Wildman–Crippen LogP) is 4.64. The summed E-state index contributed by atoms with van der Waals surface area (Å²) in [5.41, 5.74) is 1.39. The standard InChI is InChI=1S/C19H18BrN3O2/c1-3-5-18-22-17-8-7-14(20)11-16(17)19(24)23(18)21-12-13(2)10-15-6-4-9-25-15/h4,6-12H,3,5H2,1-2H3/b13-10+,21-12?. The van der Waals surface area contributed by atoms with Crippen molar-refractivity contribution in [3.63, 3.8) is 0 Å². The maximum absolute atomic E-state index is 12.9. The molecule has 2 aromatic heterocycles. The van der Waals surface area contributed by atoms with Gasteiger partial charge in [-0.2, -0.15) is 9.78 Å². The first-order chi connectivity index (χ1) is 12.1. The van der Waals surface area contributed by atoms with E-state index in [1.165, 1.54) is 4.68 Å². The minimum atomic E-state index is -0.170. The molecule has 0 amide bonds. The number of rotatable bonds is 5. The van der Waals surface area contributed by atoms with Gasteiger partial charge in [-0.05, 0) is 55.3 Å². The predicted molar refractivity (Wildman–Crippen MR) is 104 cm³/mol. The van der Waals surface area contributed by atoms with Crippen molar-refractivity contribution < 1.29 is 4.42 Å². The fraction of sp³-hybridized carbons (Fsp3) is 0.211. The summed E-state index contributed by atoms with van der Waals surface area (Å²) in [5.74, 6) is 1.40. The lowest BCUT2D eigenvalue weighted by Crippen LogP contribution is -2.22. The first-order valence-corrected chi connectivity index (χ1v) is 8.85. The van der Waals surface area contributed by atoms with Gasteiger partial charge >= 0.3 is 0 Å². The van der Waals surface area contributed by atoms with E-state index in [1.807, 2.05) is 44.2 Å². The molecule has 0 saturated carbocycles. The Morgan fingerprint density at radius 1 is 1.40 bits per heavy atom. The number of furan rings is 1. The molecular weight excluding hydrogens is 382 g/mol. The fourth-order valence-corrected chi connectivity index (χ4v) is 2.84. The molecule has 2 heterocycles. The average Bonchev–Trinajstić information content (AvgIpc) is 3.08. The second-order valence-electron chi connectivity index (χ2n) is 5.70. The number of halogens is 1. The number of fused-ring (bicyclic) bond motifs is 1. The van der Waals surface area contributed by atoms with Crippen LogP contribution in [0.4, 0.5) is 0 Å². The highest BCUT2D eigenvalue weighted by Gasteiger charge is 2.10. The van der Waals surface area contributed by atoms with Crippen molar-refractivity contribution in [2.45, 2.75) is 26.7 Å². The third-order valence-corrected chi connectivity index (χ3v) is 4.13. The van der Waals surface area contributed by atoms with Crippen LogP contribution in [0.25, 0.3) is 17.0 Å². The van der Waals surface area contributed by atoms with Crippen molar-refractivity contribution >= 4 is 39.1 Å². The molecule has 3 aromatic rings. The van der Waals surface area contributed by atoms with E-state index >= 15 is 0 Å². The molecule has 0 aliphatic carbocycles. The molecule has 0 saturated heterocycles. The lowest BCUT2D eigenvalue weighted by molar-refractivity contribution is 0.557. The molecule has 0 radical (unpaired) electrons. The highest BCUT2D eigenvalue weighted by molar-refractivity contribution is 9.10. The van der Waals surface area contributed by atoms with Gasteiger partial charge in [0.25, 0.3) is 5.56 Å². The molecule has 0 aliphatic heterocycles. The number of aromatic nitrogens is 2. The Morgan fingerprint density at radius 3 is 2.96 bits per heavy atom. The molecule has 0 unspecified atom stereocenters. The number of benzene rings is 1. The smallest absolute Gasteiger partial charge is 0.282 e. The molecule has 3 rings (SSSR count). The lowest BCUT2D eigenvalue weighted by atomic mass is 10.2. The van der Waals surface area contributed by atoms with Crippen LogP contribution in [0.2, 0.25) is 0 Å². The maximum Gasteiger partial charge on any atom is 0.282 e. The first kappa shape index (κ1) is 17.4. The van der Waals surface area contributed by atoms with Crippen LogP contribution < -0.4 is 5.56 Å². The van der Waals surface area contributed by atoms with Gasteiger partial charge in [0.15, 0.2) is 0 Å². The average molecular weight is 400 g/mol. The summed E-state index contributed by atoms with van der Waals surface area (Å²) < 4.78 is 7.51. The molecule has 0 aliphatic rings. The van der Waals surface area contributed by atoms with Gasteiger partial charge in [-0.3, -0.25) is 4.79 Å². The van der Waals surface area contributed by atoms with E-state index in [2.05, 4.69) is 26.0 Å². The van der Waals surface area contributed by atoms with Crippen LogP contribution >= 0.6 is 15.9 Å². The molecule has 0 atom stereocenters. The Hall–Kier alpha value is -2.47. The van der Waals surface area contributed by atoms with E-state index in [0.717, 1.165) is 22.2 Å². The summed E-state index contributed by atoms with van der Waals surface area (Å²) in [5, 5.41) is 4.92. The molecular formula is C19H18BrN3O2. The number of hydrogen-bond donors (Lipinski definition) is 0. The number of allylic oxidation sites excluding steroid dienone is 1. The van der Waals surface area contributed by atoms with Gasteiger partial charge < -0.3 is 4.42 Å². The number of aryl methyl sites for hydroxylation is 1. The summed E-state index contributed by atoms with van der Waals surface area (Å²) >= 11 is 3.40. The van der Waals surface area contributed by atoms with Crippen LogP contribution in [-0.4, -0.2) is 15.9 Å². The highest BCUT2D eigenvalue weighted by Crippen LogP contribution is 2.16. The van der Waals surface area contributed by atoms with Crippen LogP contribution in [0.1, 0.15) is 31.9 Å². The highest BCUT2D eigenvalue weighted by atomic mass is 79.9. The van der Waals surface area contributed by atoms with Crippen LogP contribution in [-0.2, 0) is 6.42 Å². The van der Waals surface area contributed by atoms with Crippen molar-refractivity contribution in [3.8, 4) is 0 Å². The Balaban J connectivity index is 2.07. The molecule has 25 heavy (non-hydrogen) atoms. The minimum Gasteiger partial charge on any atom is -0.465 e.